The zero-order valence-corrected chi connectivity index (χ0v) is 11.7. The van der Waals surface area contributed by atoms with Crippen LogP contribution in [-0.2, 0) is 0 Å². The Hall–Kier alpha value is -0.630. The van der Waals surface area contributed by atoms with Gasteiger partial charge in [-0.05, 0) is 47.0 Å². The zero-order chi connectivity index (χ0) is 12.9. The van der Waals surface area contributed by atoms with Gasteiger partial charge in [0.05, 0.1) is 6.07 Å². The predicted octanol–water partition coefficient (Wildman–Crippen LogP) is 0.904. The molecule has 0 radical (unpaired) electrons. The van der Waals surface area contributed by atoms with Gasteiger partial charge in [-0.25, -0.2) is 0 Å². The Bertz CT molecular complexity index is 271. The van der Waals surface area contributed by atoms with Gasteiger partial charge < -0.3 is 4.90 Å². The summed E-state index contributed by atoms with van der Waals surface area (Å²) >= 11 is 0. The molecule has 0 aromatic rings. The molecule has 4 nitrogen and oxygen atoms in total. The second-order valence-electron chi connectivity index (χ2n) is 5.50. The summed E-state index contributed by atoms with van der Waals surface area (Å²) in [7, 11) is 4.23. The quantitative estimate of drug-likeness (QED) is 0.747. The van der Waals surface area contributed by atoms with Gasteiger partial charge in [0.2, 0.25) is 0 Å². The fraction of sp³-hybridized carbons (Fsp3) is 0.923. The minimum Gasteiger partial charge on any atom is -0.308 e. The van der Waals surface area contributed by atoms with Crippen LogP contribution in [0.1, 0.15) is 26.7 Å². The number of likely N-dealkylation sites (tertiary alicyclic amines) is 1. The van der Waals surface area contributed by atoms with E-state index in [1.165, 1.54) is 12.8 Å². The minimum absolute atomic E-state index is 0.413. The first-order valence-electron chi connectivity index (χ1n) is 6.56. The standard InChI is InChI=1S/C13H26N4/c1-5-15-13(2,10-14)11-17-8-6-7-12(17)9-16(3)4/h12,15H,5-9,11H2,1-4H3. The Kier molecular flexibility index (Phi) is 5.38. The molecule has 1 aliphatic rings. The molecule has 2 atom stereocenters. The van der Waals surface area contributed by atoms with Crippen LogP contribution < -0.4 is 5.32 Å². The van der Waals surface area contributed by atoms with Crippen LogP contribution in [-0.4, -0.2) is 61.7 Å². The van der Waals surface area contributed by atoms with E-state index in [0.29, 0.717) is 6.04 Å². The van der Waals surface area contributed by atoms with Gasteiger partial charge >= 0.3 is 0 Å². The van der Waals surface area contributed by atoms with Crippen molar-refractivity contribution in [2.45, 2.75) is 38.3 Å². The number of nitrogens with zero attached hydrogens (tertiary/aromatic N) is 3. The average Bonchev–Trinajstić information content (AvgIpc) is 2.65. The van der Waals surface area contributed by atoms with Gasteiger partial charge in [0.25, 0.3) is 0 Å². The monoisotopic (exact) mass is 238 g/mol. The maximum atomic E-state index is 9.30. The van der Waals surface area contributed by atoms with Crippen molar-refractivity contribution in [1.82, 2.24) is 15.1 Å². The highest BCUT2D eigenvalue weighted by Crippen LogP contribution is 2.20. The van der Waals surface area contributed by atoms with E-state index in [2.05, 4.69) is 42.2 Å². The summed E-state index contributed by atoms with van der Waals surface area (Å²) in [6, 6.07) is 3.02. The van der Waals surface area contributed by atoms with Gasteiger partial charge in [0.1, 0.15) is 5.54 Å². The number of nitriles is 1. The lowest BCUT2D eigenvalue weighted by molar-refractivity contribution is 0.176. The highest BCUT2D eigenvalue weighted by atomic mass is 15.2. The molecule has 1 rings (SSSR count). The van der Waals surface area contributed by atoms with Crippen molar-refractivity contribution < 1.29 is 0 Å². The highest BCUT2D eigenvalue weighted by Gasteiger charge is 2.32. The molecule has 1 fully saturated rings. The molecule has 1 saturated heterocycles. The maximum absolute atomic E-state index is 9.30. The van der Waals surface area contributed by atoms with Gasteiger partial charge in [0, 0.05) is 19.1 Å². The number of likely N-dealkylation sites (N-methyl/N-ethyl adjacent to an activating group) is 2. The smallest absolute Gasteiger partial charge is 0.116 e. The molecule has 0 amide bonds. The topological polar surface area (TPSA) is 42.3 Å². The summed E-state index contributed by atoms with van der Waals surface area (Å²) in [4.78, 5) is 4.70. The Morgan fingerprint density at radius 2 is 2.24 bits per heavy atom. The molecule has 0 saturated carbocycles. The molecular weight excluding hydrogens is 212 g/mol. The number of rotatable bonds is 6. The van der Waals surface area contributed by atoms with Crippen LogP contribution in [0.5, 0.6) is 0 Å². The molecule has 2 unspecified atom stereocenters. The molecule has 98 valence electrons. The summed E-state index contributed by atoms with van der Waals surface area (Å²) in [6.07, 6.45) is 2.51. The molecule has 17 heavy (non-hydrogen) atoms. The largest absolute Gasteiger partial charge is 0.308 e. The molecular formula is C13H26N4. The van der Waals surface area contributed by atoms with E-state index in [4.69, 9.17) is 0 Å². The third-order valence-corrected chi connectivity index (χ3v) is 3.41. The van der Waals surface area contributed by atoms with E-state index in [0.717, 1.165) is 26.2 Å². The third-order valence-electron chi connectivity index (χ3n) is 3.41. The van der Waals surface area contributed by atoms with Gasteiger partial charge in [0.15, 0.2) is 0 Å². The van der Waals surface area contributed by atoms with Crippen LogP contribution in [0, 0.1) is 11.3 Å². The summed E-state index contributed by atoms with van der Waals surface area (Å²) in [5, 5.41) is 12.6. The number of hydrogen-bond donors (Lipinski definition) is 1. The Balaban J connectivity index is 2.57. The van der Waals surface area contributed by atoms with E-state index in [1.807, 2.05) is 6.92 Å². The van der Waals surface area contributed by atoms with Crippen molar-refractivity contribution in [3.8, 4) is 6.07 Å². The summed E-state index contributed by atoms with van der Waals surface area (Å²) in [5.74, 6) is 0. The second-order valence-corrected chi connectivity index (χ2v) is 5.50. The first-order chi connectivity index (χ1) is 8.00. The van der Waals surface area contributed by atoms with E-state index in [-0.39, 0.29) is 0 Å². The second kappa shape index (κ2) is 6.34. The van der Waals surface area contributed by atoms with Gasteiger partial charge in [-0.2, -0.15) is 5.26 Å². The van der Waals surface area contributed by atoms with Gasteiger partial charge in [-0.3, -0.25) is 10.2 Å². The first kappa shape index (κ1) is 14.4. The SMILES string of the molecule is CCNC(C)(C#N)CN1CCCC1CN(C)C. The van der Waals surface area contributed by atoms with Crippen LogP contribution >= 0.6 is 0 Å². The normalized spacial score (nSPS) is 24.8. The average molecular weight is 238 g/mol. The molecule has 1 heterocycles. The van der Waals surface area contributed by atoms with Crippen LogP contribution in [0.15, 0.2) is 0 Å². The molecule has 4 heteroatoms. The van der Waals surface area contributed by atoms with Gasteiger partial charge in [-0.1, -0.05) is 6.92 Å². The van der Waals surface area contributed by atoms with Crippen LogP contribution in [0.3, 0.4) is 0 Å². The predicted molar refractivity (Wildman–Crippen MR) is 70.8 cm³/mol. The van der Waals surface area contributed by atoms with E-state index >= 15 is 0 Å². The Labute approximate surface area is 106 Å². The Morgan fingerprint density at radius 1 is 1.53 bits per heavy atom. The summed E-state index contributed by atoms with van der Waals surface area (Å²) < 4.78 is 0. The molecule has 1 N–H and O–H groups in total. The minimum atomic E-state index is -0.413. The fourth-order valence-electron chi connectivity index (χ4n) is 2.66. The van der Waals surface area contributed by atoms with Crippen molar-refractivity contribution in [2.75, 3.05) is 40.3 Å². The number of nitrogens with one attached hydrogen (secondary N) is 1. The zero-order valence-electron chi connectivity index (χ0n) is 11.7. The lowest BCUT2D eigenvalue weighted by Gasteiger charge is -2.33. The van der Waals surface area contributed by atoms with Crippen LogP contribution in [0.4, 0.5) is 0 Å². The molecule has 0 aromatic heterocycles. The number of hydrogen-bond acceptors (Lipinski definition) is 4. The summed E-state index contributed by atoms with van der Waals surface area (Å²) in [6.45, 7) is 7.94. The maximum Gasteiger partial charge on any atom is 0.116 e. The van der Waals surface area contributed by atoms with E-state index < -0.39 is 5.54 Å². The van der Waals surface area contributed by atoms with Crippen molar-refractivity contribution >= 4 is 0 Å². The van der Waals surface area contributed by atoms with Gasteiger partial charge in [-0.15, -0.1) is 0 Å². The van der Waals surface area contributed by atoms with Crippen molar-refractivity contribution in [3.63, 3.8) is 0 Å². The van der Waals surface area contributed by atoms with Crippen molar-refractivity contribution in [3.05, 3.63) is 0 Å². The highest BCUT2D eigenvalue weighted by molar-refractivity contribution is 5.06. The van der Waals surface area contributed by atoms with Crippen molar-refractivity contribution in [1.29, 1.82) is 5.26 Å². The molecule has 0 spiro atoms. The first-order valence-corrected chi connectivity index (χ1v) is 6.56. The molecule has 0 aliphatic carbocycles. The van der Waals surface area contributed by atoms with E-state index in [9.17, 15) is 5.26 Å². The molecule has 0 aromatic carbocycles. The summed E-state index contributed by atoms with van der Waals surface area (Å²) in [5.41, 5.74) is -0.413. The van der Waals surface area contributed by atoms with Crippen LogP contribution in [0.2, 0.25) is 0 Å². The lowest BCUT2D eigenvalue weighted by Crippen LogP contribution is -2.52. The van der Waals surface area contributed by atoms with Crippen LogP contribution in [0.25, 0.3) is 0 Å². The van der Waals surface area contributed by atoms with Crippen molar-refractivity contribution in [2.24, 2.45) is 0 Å². The lowest BCUT2D eigenvalue weighted by atomic mass is 10.0. The Morgan fingerprint density at radius 3 is 2.76 bits per heavy atom. The third kappa shape index (κ3) is 4.27. The fourth-order valence-corrected chi connectivity index (χ4v) is 2.66. The van der Waals surface area contributed by atoms with E-state index in [1.54, 1.807) is 0 Å². The molecule has 1 aliphatic heterocycles. The molecule has 0 bridgehead atoms.